The van der Waals surface area contributed by atoms with E-state index in [9.17, 15) is 0 Å². The molecule has 1 atom stereocenters. The van der Waals surface area contributed by atoms with Crippen LogP contribution in [0.4, 0.5) is 0 Å². The molecule has 0 aliphatic heterocycles. The number of halogens is 2. The zero-order valence-corrected chi connectivity index (χ0v) is 13.1. The molecule has 2 aromatic carbocycles. The second kappa shape index (κ2) is 7.68. The van der Waals surface area contributed by atoms with Gasteiger partial charge in [-0.15, -0.1) is 0 Å². The molecule has 0 spiro atoms. The van der Waals surface area contributed by atoms with Gasteiger partial charge in [0, 0.05) is 22.6 Å². The Kier molecular flexibility index (Phi) is 5.90. The Labute approximate surface area is 130 Å². The van der Waals surface area contributed by atoms with E-state index in [4.69, 9.17) is 23.2 Å². The lowest BCUT2D eigenvalue weighted by Gasteiger charge is -2.14. The molecule has 0 unspecified atom stereocenters. The Balaban J connectivity index is 1.79. The van der Waals surface area contributed by atoms with E-state index in [2.05, 4.69) is 36.5 Å². The van der Waals surface area contributed by atoms with Crippen LogP contribution in [0.1, 0.15) is 24.5 Å². The lowest BCUT2D eigenvalue weighted by molar-refractivity contribution is 0.514. The fraction of sp³-hybridized carbons (Fsp3) is 0.294. The summed E-state index contributed by atoms with van der Waals surface area (Å²) in [7, 11) is 0. The van der Waals surface area contributed by atoms with Gasteiger partial charge in [-0.3, -0.25) is 0 Å². The Morgan fingerprint density at radius 3 is 2.50 bits per heavy atom. The van der Waals surface area contributed by atoms with Crippen molar-refractivity contribution in [3.8, 4) is 0 Å². The van der Waals surface area contributed by atoms with E-state index in [1.807, 2.05) is 18.2 Å². The third-order valence-corrected chi connectivity index (χ3v) is 3.95. The maximum Gasteiger partial charge on any atom is 0.0465 e. The molecule has 0 saturated carbocycles. The number of nitrogens with one attached hydrogen (secondary N) is 1. The fourth-order valence-corrected chi connectivity index (χ4v) is 2.55. The summed E-state index contributed by atoms with van der Waals surface area (Å²) in [6.07, 6.45) is 2.19. The van der Waals surface area contributed by atoms with Crippen molar-refractivity contribution in [2.75, 3.05) is 0 Å². The van der Waals surface area contributed by atoms with Crippen molar-refractivity contribution in [1.82, 2.24) is 5.32 Å². The molecule has 20 heavy (non-hydrogen) atoms. The maximum atomic E-state index is 6.16. The topological polar surface area (TPSA) is 12.0 Å². The van der Waals surface area contributed by atoms with Gasteiger partial charge in [0.25, 0.3) is 0 Å². The van der Waals surface area contributed by atoms with Crippen molar-refractivity contribution in [3.63, 3.8) is 0 Å². The van der Waals surface area contributed by atoms with E-state index in [-0.39, 0.29) is 0 Å². The molecule has 2 aromatic rings. The van der Waals surface area contributed by atoms with Gasteiger partial charge < -0.3 is 5.32 Å². The SMILES string of the molecule is C[C@H](CCc1ccccc1)NCc1ccc(Cl)cc1Cl. The summed E-state index contributed by atoms with van der Waals surface area (Å²) in [5.41, 5.74) is 2.47. The largest absolute Gasteiger partial charge is 0.310 e. The number of hydrogen-bond acceptors (Lipinski definition) is 1. The summed E-state index contributed by atoms with van der Waals surface area (Å²) >= 11 is 12.1. The van der Waals surface area contributed by atoms with E-state index in [0.29, 0.717) is 11.1 Å². The van der Waals surface area contributed by atoms with Gasteiger partial charge in [0.1, 0.15) is 0 Å². The zero-order chi connectivity index (χ0) is 14.4. The van der Waals surface area contributed by atoms with Gasteiger partial charge in [-0.05, 0) is 43.0 Å². The lowest BCUT2D eigenvalue weighted by atomic mass is 10.1. The molecule has 0 heterocycles. The lowest BCUT2D eigenvalue weighted by Crippen LogP contribution is -2.26. The van der Waals surface area contributed by atoms with Crippen LogP contribution in [0.2, 0.25) is 10.0 Å². The van der Waals surface area contributed by atoms with Crippen LogP contribution in [0.25, 0.3) is 0 Å². The summed E-state index contributed by atoms with van der Waals surface area (Å²) in [6, 6.07) is 16.6. The average molecular weight is 308 g/mol. The second-order valence-electron chi connectivity index (χ2n) is 5.04. The van der Waals surface area contributed by atoms with Crippen LogP contribution < -0.4 is 5.32 Å². The van der Waals surface area contributed by atoms with Gasteiger partial charge in [0.15, 0.2) is 0 Å². The molecule has 1 N–H and O–H groups in total. The first-order valence-electron chi connectivity index (χ1n) is 6.86. The van der Waals surface area contributed by atoms with Crippen LogP contribution in [0, 0.1) is 0 Å². The monoisotopic (exact) mass is 307 g/mol. The van der Waals surface area contributed by atoms with Crippen LogP contribution >= 0.6 is 23.2 Å². The van der Waals surface area contributed by atoms with Gasteiger partial charge in [-0.1, -0.05) is 59.6 Å². The predicted molar refractivity (Wildman–Crippen MR) is 87.5 cm³/mol. The predicted octanol–water partition coefficient (Wildman–Crippen LogP) is 5.10. The minimum Gasteiger partial charge on any atom is -0.310 e. The molecule has 3 heteroatoms. The first-order chi connectivity index (χ1) is 9.65. The van der Waals surface area contributed by atoms with Gasteiger partial charge in [-0.2, -0.15) is 0 Å². The van der Waals surface area contributed by atoms with Crippen LogP contribution in [0.3, 0.4) is 0 Å². The Bertz CT molecular complexity index is 540. The molecule has 0 amide bonds. The third kappa shape index (κ3) is 4.82. The minimum absolute atomic E-state index is 0.446. The molecule has 2 rings (SSSR count). The van der Waals surface area contributed by atoms with Crippen LogP contribution in [-0.2, 0) is 13.0 Å². The number of benzene rings is 2. The van der Waals surface area contributed by atoms with Crippen molar-refractivity contribution in [2.45, 2.75) is 32.4 Å². The summed E-state index contributed by atoms with van der Waals surface area (Å²) in [5.74, 6) is 0. The normalized spacial score (nSPS) is 12.3. The average Bonchev–Trinajstić information content (AvgIpc) is 2.45. The first kappa shape index (κ1) is 15.4. The molecule has 0 saturated heterocycles. The second-order valence-corrected chi connectivity index (χ2v) is 5.89. The summed E-state index contributed by atoms with van der Waals surface area (Å²) in [6.45, 7) is 2.97. The van der Waals surface area contributed by atoms with E-state index in [0.717, 1.165) is 30.0 Å². The number of rotatable bonds is 6. The summed E-state index contributed by atoms with van der Waals surface area (Å²) < 4.78 is 0. The summed E-state index contributed by atoms with van der Waals surface area (Å²) in [4.78, 5) is 0. The van der Waals surface area contributed by atoms with E-state index in [1.165, 1.54) is 5.56 Å². The first-order valence-corrected chi connectivity index (χ1v) is 7.62. The standard InChI is InChI=1S/C17H19Cl2N/c1-13(7-8-14-5-3-2-4-6-14)20-12-15-9-10-16(18)11-17(15)19/h2-6,9-11,13,20H,7-8,12H2,1H3/t13-/m1/s1. The van der Waals surface area contributed by atoms with Crippen LogP contribution in [0.5, 0.6) is 0 Å². The molecule has 1 nitrogen and oxygen atoms in total. The minimum atomic E-state index is 0.446. The molecular formula is C17H19Cl2N. The van der Waals surface area contributed by atoms with Crippen LogP contribution in [-0.4, -0.2) is 6.04 Å². The highest BCUT2D eigenvalue weighted by Gasteiger charge is 2.05. The smallest absolute Gasteiger partial charge is 0.0465 e. The molecule has 0 radical (unpaired) electrons. The molecule has 0 fully saturated rings. The van der Waals surface area contributed by atoms with E-state index < -0.39 is 0 Å². The zero-order valence-electron chi connectivity index (χ0n) is 11.6. The third-order valence-electron chi connectivity index (χ3n) is 3.36. The Morgan fingerprint density at radius 2 is 1.80 bits per heavy atom. The molecule has 0 aromatic heterocycles. The highest BCUT2D eigenvalue weighted by molar-refractivity contribution is 6.35. The Hall–Kier alpha value is -1.02. The molecular weight excluding hydrogens is 289 g/mol. The van der Waals surface area contributed by atoms with E-state index >= 15 is 0 Å². The van der Waals surface area contributed by atoms with Gasteiger partial charge in [0.2, 0.25) is 0 Å². The molecule has 0 bridgehead atoms. The Morgan fingerprint density at radius 1 is 1.05 bits per heavy atom. The maximum absolute atomic E-state index is 6.16. The fourth-order valence-electron chi connectivity index (χ4n) is 2.08. The van der Waals surface area contributed by atoms with Gasteiger partial charge in [0.05, 0.1) is 0 Å². The molecule has 0 aliphatic rings. The molecule has 0 aliphatic carbocycles. The van der Waals surface area contributed by atoms with Crippen molar-refractivity contribution < 1.29 is 0 Å². The van der Waals surface area contributed by atoms with Crippen molar-refractivity contribution >= 4 is 23.2 Å². The molecule has 106 valence electrons. The highest BCUT2D eigenvalue weighted by atomic mass is 35.5. The van der Waals surface area contributed by atoms with Gasteiger partial charge >= 0.3 is 0 Å². The van der Waals surface area contributed by atoms with E-state index in [1.54, 1.807) is 6.07 Å². The highest BCUT2D eigenvalue weighted by Crippen LogP contribution is 2.21. The number of hydrogen-bond donors (Lipinski definition) is 1. The number of aryl methyl sites for hydroxylation is 1. The van der Waals surface area contributed by atoms with Crippen molar-refractivity contribution in [2.24, 2.45) is 0 Å². The van der Waals surface area contributed by atoms with Crippen LogP contribution in [0.15, 0.2) is 48.5 Å². The van der Waals surface area contributed by atoms with Crippen molar-refractivity contribution in [3.05, 3.63) is 69.7 Å². The summed E-state index contributed by atoms with van der Waals surface area (Å²) in [5, 5.41) is 4.90. The van der Waals surface area contributed by atoms with Gasteiger partial charge in [-0.25, -0.2) is 0 Å². The quantitative estimate of drug-likeness (QED) is 0.782. The van der Waals surface area contributed by atoms with Crippen molar-refractivity contribution in [1.29, 1.82) is 0 Å².